The van der Waals surface area contributed by atoms with Gasteiger partial charge in [-0.15, -0.1) is 20.4 Å². The van der Waals surface area contributed by atoms with Gasteiger partial charge < -0.3 is 18.4 Å². The van der Waals surface area contributed by atoms with Crippen molar-refractivity contribution in [3.63, 3.8) is 0 Å². The normalized spacial score (nSPS) is 14.1. The summed E-state index contributed by atoms with van der Waals surface area (Å²) in [4.78, 5) is 23.6. The van der Waals surface area contributed by atoms with E-state index in [4.69, 9.17) is 9.31 Å². The first kappa shape index (κ1) is 42.2. The highest BCUT2D eigenvalue weighted by molar-refractivity contribution is 9.10. The number of nitrogens with zero attached hydrogens (tertiary/aromatic N) is 8. The van der Waals surface area contributed by atoms with Crippen molar-refractivity contribution in [1.29, 1.82) is 0 Å². The van der Waals surface area contributed by atoms with Gasteiger partial charge in [0.15, 0.2) is 11.3 Å². The fourth-order valence-corrected chi connectivity index (χ4v) is 7.21. The van der Waals surface area contributed by atoms with E-state index in [1.165, 1.54) is 11.1 Å². The third-order valence-electron chi connectivity index (χ3n) is 10.9. The highest BCUT2D eigenvalue weighted by Gasteiger charge is 2.51. The monoisotopic (exact) mass is 866 g/mol. The van der Waals surface area contributed by atoms with Gasteiger partial charge in [0.05, 0.1) is 11.2 Å². The second-order valence-corrected chi connectivity index (χ2v) is 17.0. The molecule has 1 fully saturated rings. The van der Waals surface area contributed by atoms with Gasteiger partial charge in [-0.25, -0.2) is 0 Å². The molecule has 8 aromatic rings. The van der Waals surface area contributed by atoms with Crippen molar-refractivity contribution in [2.45, 2.75) is 65.6 Å². The molecule has 14 heteroatoms. The molecule has 0 atom stereocenters. The fourth-order valence-electron chi connectivity index (χ4n) is 6.87. The van der Waals surface area contributed by atoms with Gasteiger partial charge in [-0.3, -0.25) is 18.4 Å². The zero-order chi connectivity index (χ0) is 42.8. The van der Waals surface area contributed by atoms with Crippen molar-refractivity contribution < 1.29 is 9.31 Å². The lowest BCUT2D eigenvalue weighted by Gasteiger charge is -2.32. The minimum Gasteiger partial charge on any atom is -0.399 e. The quantitative estimate of drug-likeness (QED) is 0.163. The van der Waals surface area contributed by atoms with Gasteiger partial charge in [-0.1, -0.05) is 66.7 Å². The summed E-state index contributed by atoms with van der Waals surface area (Å²) in [6.45, 7) is 11.7. The van der Waals surface area contributed by atoms with Crippen molar-refractivity contribution in [2.75, 3.05) is 0 Å². The molecule has 0 saturated carbocycles. The number of benzene rings is 2. The molecule has 0 unspecified atom stereocenters. The summed E-state index contributed by atoms with van der Waals surface area (Å²) in [7, 11) is 3.10. The van der Waals surface area contributed by atoms with E-state index < -0.39 is 7.12 Å². The summed E-state index contributed by atoms with van der Waals surface area (Å²) >= 11 is 3.46. The molecule has 0 spiro atoms. The predicted molar refractivity (Wildman–Crippen MR) is 240 cm³/mol. The first-order valence-corrected chi connectivity index (χ1v) is 20.5. The second-order valence-electron chi connectivity index (χ2n) is 16.1. The summed E-state index contributed by atoms with van der Waals surface area (Å²) in [5.74, 6) is 1.84. The van der Waals surface area contributed by atoms with Crippen LogP contribution in [0, 0.1) is 13.8 Å². The van der Waals surface area contributed by atoms with Crippen molar-refractivity contribution >= 4 is 39.8 Å². The van der Waals surface area contributed by atoms with Gasteiger partial charge in [-0.2, -0.15) is 0 Å². The van der Waals surface area contributed by atoms with Gasteiger partial charge in [0.25, 0.3) is 11.1 Å². The molecule has 1 saturated heterocycles. The first-order valence-electron chi connectivity index (χ1n) is 19.7. The lowest BCUT2D eigenvalue weighted by Crippen LogP contribution is -2.41. The highest BCUT2D eigenvalue weighted by atomic mass is 79.9. The maximum absolute atomic E-state index is 11.9. The zero-order valence-electron chi connectivity index (χ0n) is 35.1. The molecule has 0 N–H and O–H groups in total. The summed E-state index contributed by atoms with van der Waals surface area (Å²) in [5.41, 5.74) is 7.78. The van der Waals surface area contributed by atoms with Gasteiger partial charge in [0, 0.05) is 67.3 Å². The largest absolute Gasteiger partial charge is 0.496 e. The number of rotatable bonds is 6. The van der Waals surface area contributed by atoms with Crippen LogP contribution in [0.1, 0.15) is 61.6 Å². The number of hydrogen-bond donors (Lipinski definition) is 0. The second kappa shape index (κ2) is 17.3. The molecule has 0 radical (unpaired) electrons. The Morgan fingerprint density at radius 2 is 1.07 bits per heavy atom. The van der Waals surface area contributed by atoms with Crippen LogP contribution < -0.4 is 16.6 Å². The van der Waals surface area contributed by atoms with Crippen LogP contribution in [0.5, 0.6) is 0 Å². The van der Waals surface area contributed by atoms with Crippen LogP contribution in [0.15, 0.2) is 136 Å². The summed E-state index contributed by atoms with van der Waals surface area (Å²) in [6, 6.07) is 32.1. The Morgan fingerprint density at radius 1 is 0.583 bits per heavy atom. The Labute approximate surface area is 357 Å². The van der Waals surface area contributed by atoms with Gasteiger partial charge in [-0.05, 0) is 116 Å². The predicted octanol–water partition coefficient (Wildman–Crippen LogP) is 7.07. The first-order chi connectivity index (χ1) is 28.6. The highest BCUT2D eigenvalue weighted by Crippen LogP contribution is 2.36. The fraction of sp³-hybridized carbons (Fsp3) is 0.261. The Balaban J connectivity index is 0.000000140. The average molecular weight is 868 g/mol. The lowest BCUT2D eigenvalue weighted by atomic mass is 9.80. The van der Waals surface area contributed by atoms with Crippen LogP contribution in [0.2, 0.25) is 0 Å². The number of aromatic nitrogens is 8. The molecule has 0 amide bonds. The molecule has 1 aliphatic rings. The van der Waals surface area contributed by atoms with Crippen LogP contribution in [-0.4, -0.2) is 56.7 Å². The number of halogens is 1. The van der Waals surface area contributed by atoms with Crippen molar-refractivity contribution in [1.82, 2.24) is 38.3 Å². The average Bonchev–Trinajstić information content (AvgIpc) is 3.88. The Morgan fingerprint density at radius 3 is 1.58 bits per heavy atom. The lowest BCUT2D eigenvalue weighted by molar-refractivity contribution is 0.00578. The number of hydrogen-bond acceptors (Lipinski definition) is 8. The number of aryl methyl sites for hydroxylation is 4. The zero-order valence-corrected chi connectivity index (χ0v) is 36.7. The van der Waals surface area contributed by atoms with E-state index >= 15 is 0 Å². The molecule has 12 nitrogen and oxygen atoms in total. The maximum atomic E-state index is 11.9. The van der Waals surface area contributed by atoms with Gasteiger partial charge >= 0.3 is 7.12 Å². The summed E-state index contributed by atoms with van der Waals surface area (Å²) < 4.78 is 20.2. The Kier molecular flexibility index (Phi) is 12.2. The van der Waals surface area contributed by atoms with Crippen LogP contribution in [0.3, 0.4) is 0 Å². The molecular formula is C46H48BBrN8O4. The summed E-state index contributed by atoms with van der Waals surface area (Å²) in [5, 5.41) is 17.0. The Bertz CT molecular complexity index is 2840. The topological polar surface area (TPSA) is 123 Å². The van der Waals surface area contributed by atoms with Crippen molar-refractivity contribution in [3.05, 3.63) is 181 Å². The molecule has 6 aromatic heterocycles. The minimum absolute atomic E-state index is 0.00951. The van der Waals surface area contributed by atoms with E-state index in [9.17, 15) is 9.59 Å². The van der Waals surface area contributed by atoms with E-state index in [1.807, 2.05) is 135 Å². The third kappa shape index (κ3) is 9.26. The van der Waals surface area contributed by atoms with Crippen LogP contribution in [0.4, 0.5) is 0 Å². The molecule has 2 aromatic carbocycles. The van der Waals surface area contributed by atoms with Gasteiger partial charge in [0.1, 0.15) is 11.6 Å². The number of fused-ring (bicyclic) bond motifs is 2. The molecule has 1 aliphatic heterocycles. The molecular weight excluding hydrogens is 819 g/mol. The van der Waals surface area contributed by atoms with E-state index in [-0.39, 0.29) is 22.3 Å². The van der Waals surface area contributed by atoms with Gasteiger partial charge in [0.2, 0.25) is 0 Å². The van der Waals surface area contributed by atoms with Crippen molar-refractivity contribution in [3.8, 4) is 11.1 Å². The SMILES string of the molecule is Brc1ccc2nnc(Cc3ccccc3)n2c1.Cc1cc(-c2ccc3nnc(Cc4ccccc4)n3c2)cn(C)c1=O.Cc1cc(B2OC(C)(C)C(C)(C)O2)cn(C)c1=O. The minimum atomic E-state index is -0.416. The van der Waals surface area contributed by atoms with Crippen molar-refractivity contribution in [2.24, 2.45) is 14.1 Å². The molecule has 60 heavy (non-hydrogen) atoms. The third-order valence-corrected chi connectivity index (χ3v) is 11.4. The maximum Gasteiger partial charge on any atom is 0.496 e. The molecule has 7 heterocycles. The van der Waals surface area contributed by atoms with E-state index in [0.717, 1.165) is 62.4 Å². The van der Waals surface area contributed by atoms with E-state index in [2.05, 4.69) is 60.6 Å². The number of pyridine rings is 4. The smallest absolute Gasteiger partial charge is 0.399 e. The molecule has 0 bridgehead atoms. The van der Waals surface area contributed by atoms with Crippen LogP contribution in [-0.2, 0) is 36.2 Å². The van der Waals surface area contributed by atoms with Crippen LogP contribution >= 0.6 is 15.9 Å². The summed E-state index contributed by atoms with van der Waals surface area (Å²) in [6.07, 6.45) is 9.17. The molecule has 9 rings (SSSR count). The van der Waals surface area contributed by atoms with Crippen LogP contribution in [0.25, 0.3) is 22.4 Å². The molecule has 0 aliphatic carbocycles. The standard InChI is InChI=1S/C20H18N4O.C13H20BNO3.C13H10BrN3/c1-14-10-17(12-23(2)20(14)25)16-8-9-18-21-22-19(24(18)13-16)11-15-6-4-3-5-7-15;1-9-7-10(8-15(6)11(9)16)14-17-12(2,3)13(4,5)18-14;14-11-6-7-12-15-16-13(17(12)9-11)8-10-4-2-1-3-5-10/h3-10,12-13H,11H2,1-2H3;7-8H,1-6H3;1-7,9H,8H2. The van der Waals surface area contributed by atoms with E-state index in [0.29, 0.717) is 5.56 Å². The Hall–Kier alpha value is -5.96. The van der Waals surface area contributed by atoms with E-state index in [1.54, 1.807) is 36.4 Å². The molecule has 306 valence electrons.